The third-order valence-electron chi connectivity index (χ3n) is 3.48. The number of amides is 1. The molecule has 0 bridgehead atoms. The van der Waals surface area contributed by atoms with Crippen LogP contribution in [0.3, 0.4) is 0 Å². The fourth-order valence-electron chi connectivity index (χ4n) is 2.21. The molecule has 0 aliphatic heterocycles. The Balaban J connectivity index is 1.56. The number of benzene rings is 2. The first-order valence-electron chi connectivity index (χ1n) is 7.26. The summed E-state index contributed by atoms with van der Waals surface area (Å²) in [6.45, 7) is 0.446. The standard InChI is InChI=1S/C17H14Cl2N4O/c18-14-4-3-13(16(19)8-14)7-17(24)21-9-12-1-5-15(6-2-12)23-11-20-10-22-23/h1-6,8,10-11H,7,9H2,(H,21,24). The number of rotatable bonds is 5. The minimum atomic E-state index is -0.0976. The van der Waals surface area contributed by atoms with Gasteiger partial charge in [0.15, 0.2) is 0 Å². The average Bonchev–Trinajstić information content (AvgIpc) is 3.11. The zero-order valence-electron chi connectivity index (χ0n) is 12.6. The first-order chi connectivity index (χ1) is 11.6. The molecule has 0 unspecified atom stereocenters. The summed E-state index contributed by atoms with van der Waals surface area (Å²) in [7, 11) is 0. The van der Waals surface area contributed by atoms with Crippen LogP contribution in [0.25, 0.3) is 5.69 Å². The van der Waals surface area contributed by atoms with Crippen LogP contribution >= 0.6 is 23.2 Å². The molecule has 0 saturated heterocycles. The second-order valence-electron chi connectivity index (χ2n) is 5.20. The summed E-state index contributed by atoms with van der Waals surface area (Å²) in [6, 6.07) is 12.8. The second kappa shape index (κ2) is 7.47. The lowest BCUT2D eigenvalue weighted by Crippen LogP contribution is -2.24. The van der Waals surface area contributed by atoms with Crippen molar-refractivity contribution in [1.82, 2.24) is 20.1 Å². The third kappa shape index (κ3) is 4.13. The van der Waals surface area contributed by atoms with E-state index in [1.807, 2.05) is 24.3 Å². The van der Waals surface area contributed by atoms with Crippen molar-refractivity contribution >= 4 is 29.1 Å². The number of hydrogen-bond donors (Lipinski definition) is 1. The van der Waals surface area contributed by atoms with Gasteiger partial charge in [0, 0.05) is 16.6 Å². The maximum absolute atomic E-state index is 12.1. The summed E-state index contributed by atoms with van der Waals surface area (Å²) in [4.78, 5) is 16.0. The molecule has 24 heavy (non-hydrogen) atoms. The molecule has 1 heterocycles. The van der Waals surface area contributed by atoms with Crippen LogP contribution in [0.1, 0.15) is 11.1 Å². The minimum absolute atomic E-state index is 0.0976. The zero-order chi connectivity index (χ0) is 16.9. The quantitative estimate of drug-likeness (QED) is 0.758. The highest BCUT2D eigenvalue weighted by Crippen LogP contribution is 2.21. The lowest BCUT2D eigenvalue weighted by Gasteiger charge is -2.08. The van der Waals surface area contributed by atoms with Crippen molar-refractivity contribution in [3.63, 3.8) is 0 Å². The van der Waals surface area contributed by atoms with Gasteiger partial charge in [0.1, 0.15) is 12.7 Å². The van der Waals surface area contributed by atoms with Gasteiger partial charge in [0.25, 0.3) is 0 Å². The number of nitrogens with one attached hydrogen (secondary N) is 1. The zero-order valence-corrected chi connectivity index (χ0v) is 14.1. The molecule has 0 atom stereocenters. The Morgan fingerprint density at radius 3 is 2.58 bits per heavy atom. The molecule has 3 rings (SSSR count). The highest BCUT2D eigenvalue weighted by Gasteiger charge is 2.07. The fourth-order valence-corrected chi connectivity index (χ4v) is 2.68. The van der Waals surface area contributed by atoms with E-state index in [0.717, 1.165) is 16.8 Å². The molecule has 2 aromatic carbocycles. The third-order valence-corrected chi connectivity index (χ3v) is 4.06. The van der Waals surface area contributed by atoms with Crippen LogP contribution in [0.2, 0.25) is 10.0 Å². The first-order valence-corrected chi connectivity index (χ1v) is 8.02. The fraction of sp³-hybridized carbons (Fsp3) is 0.118. The first kappa shape index (κ1) is 16.5. The van der Waals surface area contributed by atoms with E-state index in [-0.39, 0.29) is 12.3 Å². The lowest BCUT2D eigenvalue weighted by molar-refractivity contribution is -0.120. The van der Waals surface area contributed by atoms with Crippen LogP contribution in [0, 0.1) is 0 Å². The van der Waals surface area contributed by atoms with Crippen molar-refractivity contribution in [2.75, 3.05) is 0 Å². The topological polar surface area (TPSA) is 59.8 Å². The smallest absolute Gasteiger partial charge is 0.224 e. The van der Waals surface area contributed by atoms with Gasteiger partial charge in [-0.3, -0.25) is 4.79 Å². The Bertz CT molecular complexity index is 832. The van der Waals surface area contributed by atoms with Crippen LogP contribution in [0.4, 0.5) is 0 Å². The van der Waals surface area contributed by atoms with Crippen LogP contribution in [0.5, 0.6) is 0 Å². The van der Waals surface area contributed by atoms with Gasteiger partial charge < -0.3 is 5.32 Å². The van der Waals surface area contributed by atoms with Gasteiger partial charge in [-0.15, -0.1) is 0 Å². The van der Waals surface area contributed by atoms with E-state index in [1.54, 1.807) is 29.2 Å². The van der Waals surface area contributed by atoms with Crippen LogP contribution < -0.4 is 5.32 Å². The van der Waals surface area contributed by atoms with E-state index in [9.17, 15) is 4.79 Å². The van der Waals surface area contributed by atoms with Crippen molar-refractivity contribution in [2.24, 2.45) is 0 Å². The molecule has 0 saturated carbocycles. The van der Waals surface area contributed by atoms with E-state index in [2.05, 4.69) is 15.4 Å². The molecular formula is C17H14Cl2N4O. The molecule has 0 radical (unpaired) electrons. The maximum Gasteiger partial charge on any atom is 0.224 e. The maximum atomic E-state index is 12.1. The highest BCUT2D eigenvalue weighted by molar-refractivity contribution is 6.35. The van der Waals surface area contributed by atoms with Gasteiger partial charge in [0.2, 0.25) is 5.91 Å². The Hall–Kier alpha value is -2.37. The van der Waals surface area contributed by atoms with Crippen molar-refractivity contribution in [3.05, 3.63) is 76.3 Å². The minimum Gasteiger partial charge on any atom is -0.352 e. The van der Waals surface area contributed by atoms with Gasteiger partial charge in [0.05, 0.1) is 12.1 Å². The molecule has 3 aromatic rings. The molecule has 0 aliphatic carbocycles. The predicted octanol–water partition coefficient (Wildman–Crippen LogP) is 3.43. The molecule has 1 amide bonds. The Labute approximate surface area is 149 Å². The summed E-state index contributed by atoms with van der Waals surface area (Å²) < 4.78 is 1.67. The van der Waals surface area contributed by atoms with Gasteiger partial charge >= 0.3 is 0 Å². The molecule has 122 valence electrons. The van der Waals surface area contributed by atoms with Gasteiger partial charge in [-0.1, -0.05) is 41.4 Å². The monoisotopic (exact) mass is 360 g/mol. The predicted molar refractivity (Wildman–Crippen MR) is 93.4 cm³/mol. The lowest BCUT2D eigenvalue weighted by atomic mass is 10.1. The number of nitrogens with zero attached hydrogens (tertiary/aromatic N) is 3. The van der Waals surface area contributed by atoms with E-state index in [4.69, 9.17) is 23.2 Å². The molecule has 0 fully saturated rings. The highest BCUT2D eigenvalue weighted by atomic mass is 35.5. The summed E-state index contributed by atoms with van der Waals surface area (Å²) >= 11 is 11.9. The van der Waals surface area contributed by atoms with Crippen LogP contribution in [-0.4, -0.2) is 20.7 Å². The second-order valence-corrected chi connectivity index (χ2v) is 6.04. The summed E-state index contributed by atoms with van der Waals surface area (Å²) in [6.07, 6.45) is 3.33. The van der Waals surface area contributed by atoms with Crippen molar-refractivity contribution in [3.8, 4) is 5.69 Å². The summed E-state index contributed by atoms with van der Waals surface area (Å²) in [5.41, 5.74) is 2.66. The van der Waals surface area contributed by atoms with E-state index in [0.29, 0.717) is 16.6 Å². The molecular weight excluding hydrogens is 347 g/mol. The molecule has 7 heteroatoms. The van der Waals surface area contributed by atoms with Gasteiger partial charge in [-0.05, 0) is 35.4 Å². The molecule has 5 nitrogen and oxygen atoms in total. The number of aromatic nitrogens is 3. The normalized spacial score (nSPS) is 10.6. The molecule has 0 spiro atoms. The van der Waals surface area contributed by atoms with Gasteiger partial charge in [-0.25, -0.2) is 9.67 Å². The number of carbonyl (C=O) groups is 1. The van der Waals surface area contributed by atoms with E-state index < -0.39 is 0 Å². The summed E-state index contributed by atoms with van der Waals surface area (Å²) in [5.74, 6) is -0.0976. The number of halogens is 2. The number of hydrogen-bond acceptors (Lipinski definition) is 3. The average molecular weight is 361 g/mol. The SMILES string of the molecule is O=C(Cc1ccc(Cl)cc1Cl)NCc1ccc(-n2cncn2)cc1. The number of carbonyl (C=O) groups excluding carboxylic acids is 1. The summed E-state index contributed by atoms with van der Waals surface area (Å²) in [5, 5.41) is 7.99. The van der Waals surface area contributed by atoms with Crippen LogP contribution in [0.15, 0.2) is 55.1 Å². The Kier molecular flexibility index (Phi) is 5.13. The van der Waals surface area contributed by atoms with Crippen molar-refractivity contribution in [2.45, 2.75) is 13.0 Å². The molecule has 0 aliphatic rings. The van der Waals surface area contributed by atoms with E-state index in [1.165, 1.54) is 6.33 Å². The Morgan fingerprint density at radius 2 is 1.92 bits per heavy atom. The van der Waals surface area contributed by atoms with Crippen molar-refractivity contribution in [1.29, 1.82) is 0 Å². The van der Waals surface area contributed by atoms with E-state index >= 15 is 0 Å². The van der Waals surface area contributed by atoms with Crippen LogP contribution in [-0.2, 0) is 17.8 Å². The van der Waals surface area contributed by atoms with Crippen molar-refractivity contribution < 1.29 is 4.79 Å². The van der Waals surface area contributed by atoms with Gasteiger partial charge in [-0.2, -0.15) is 5.10 Å². The molecule has 1 aromatic heterocycles. The Morgan fingerprint density at radius 1 is 1.12 bits per heavy atom. The largest absolute Gasteiger partial charge is 0.352 e. The molecule has 1 N–H and O–H groups in total.